The monoisotopic (exact) mass is 222 g/mol. The van der Waals surface area contributed by atoms with Crippen molar-refractivity contribution in [3.63, 3.8) is 0 Å². The maximum Gasteiger partial charge on any atom is 0.309 e. The molecular formula is C12H14O4. The Hall–Kier alpha value is -1.71. The van der Waals surface area contributed by atoms with Crippen LogP contribution in [0.15, 0.2) is 18.2 Å². The summed E-state index contributed by atoms with van der Waals surface area (Å²) in [6.45, 7) is 0.513. The predicted octanol–water partition coefficient (Wildman–Crippen LogP) is 1.51. The molecule has 0 amide bonds. The van der Waals surface area contributed by atoms with E-state index >= 15 is 0 Å². The standard InChI is InChI=1S/C12H14O4/c1-15-11-7-8(2-3-10(11)13)6-9-4-5-16-12(9)14/h2-3,7,9,13H,4-6H2,1H3. The smallest absolute Gasteiger partial charge is 0.309 e. The Bertz CT molecular complexity index is 400. The van der Waals surface area contributed by atoms with Crippen molar-refractivity contribution in [2.24, 2.45) is 5.92 Å². The molecule has 4 nitrogen and oxygen atoms in total. The van der Waals surface area contributed by atoms with E-state index in [4.69, 9.17) is 9.47 Å². The van der Waals surface area contributed by atoms with Crippen molar-refractivity contribution >= 4 is 5.97 Å². The third-order valence-electron chi connectivity index (χ3n) is 2.77. The first-order valence-electron chi connectivity index (χ1n) is 5.23. The molecular weight excluding hydrogens is 208 g/mol. The van der Waals surface area contributed by atoms with Crippen LogP contribution in [0, 0.1) is 5.92 Å². The second-order valence-corrected chi connectivity index (χ2v) is 3.86. The molecule has 2 rings (SSSR count). The molecule has 1 saturated heterocycles. The Morgan fingerprint density at radius 3 is 3.00 bits per heavy atom. The van der Waals surface area contributed by atoms with Crippen LogP contribution in [-0.4, -0.2) is 24.8 Å². The number of esters is 1. The summed E-state index contributed by atoms with van der Waals surface area (Å²) >= 11 is 0. The van der Waals surface area contributed by atoms with Gasteiger partial charge in [0.05, 0.1) is 19.6 Å². The number of ether oxygens (including phenoxy) is 2. The number of phenolic OH excluding ortho intramolecular Hbond substituents is 1. The number of benzene rings is 1. The number of hydrogen-bond donors (Lipinski definition) is 1. The van der Waals surface area contributed by atoms with Crippen molar-refractivity contribution in [1.29, 1.82) is 0 Å². The lowest BCUT2D eigenvalue weighted by Gasteiger charge is -2.08. The molecule has 16 heavy (non-hydrogen) atoms. The summed E-state index contributed by atoms with van der Waals surface area (Å²) in [5.41, 5.74) is 0.971. The number of phenols is 1. The minimum absolute atomic E-state index is 0.0609. The van der Waals surface area contributed by atoms with E-state index < -0.39 is 0 Å². The summed E-state index contributed by atoms with van der Waals surface area (Å²) in [6.07, 6.45) is 1.40. The van der Waals surface area contributed by atoms with Crippen LogP contribution in [0.4, 0.5) is 0 Å². The summed E-state index contributed by atoms with van der Waals surface area (Å²) in [7, 11) is 1.50. The van der Waals surface area contributed by atoms with E-state index in [1.807, 2.05) is 0 Å². The Morgan fingerprint density at radius 1 is 1.56 bits per heavy atom. The Kier molecular flexibility index (Phi) is 2.99. The number of aromatic hydroxyl groups is 1. The van der Waals surface area contributed by atoms with Crippen LogP contribution >= 0.6 is 0 Å². The van der Waals surface area contributed by atoms with Gasteiger partial charge in [0.2, 0.25) is 0 Å². The van der Waals surface area contributed by atoms with Gasteiger partial charge < -0.3 is 14.6 Å². The lowest BCUT2D eigenvalue weighted by atomic mass is 9.98. The third-order valence-corrected chi connectivity index (χ3v) is 2.77. The Morgan fingerprint density at radius 2 is 2.38 bits per heavy atom. The second kappa shape index (κ2) is 4.43. The summed E-state index contributed by atoms with van der Waals surface area (Å²) in [5, 5.41) is 9.43. The van der Waals surface area contributed by atoms with Gasteiger partial charge in [-0.1, -0.05) is 6.07 Å². The van der Waals surface area contributed by atoms with Crippen LogP contribution < -0.4 is 4.74 Å². The fraction of sp³-hybridized carbons (Fsp3) is 0.417. The molecule has 1 N–H and O–H groups in total. The van der Waals surface area contributed by atoms with Crippen LogP contribution in [0.2, 0.25) is 0 Å². The molecule has 0 spiro atoms. The normalized spacial score (nSPS) is 19.6. The van der Waals surface area contributed by atoms with E-state index in [-0.39, 0.29) is 17.6 Å². The lowest BCUT2D eigenvalue weighted by molar-refractivity contribution is -0.141. The van der Waals surface area contributed by atoms with Crippen molar-refractivity contribution in [3.05, 3.63) is 23.8 Å². The average Bonchev–Trinajstić information content (AvgIpc) is 2.67. The minimum Gasteiger partial charge on any atom is -0.504 e. The van der Waals surface area contributed by atoms with Crippen molar-refractivity contribution < 1.29 is 19.4 Å². The molecule has 0 saturated carbocycles. The van der Waals surface area contributed by atoms with E-state index in [0.29, 0.717) is 18.8 Å². The van der Waals surface area contributed by atoms with Gasteiger partial charge in [0.15, 0.2) is 11.5 Å². The van der Waals surface area contributed by atoms with Gasteiger partial charge in [-0.15, -0.1) is 0 Å². The number of methoxy groups -OCH3 is 1. The van der Waals surface area contributed by atoms with Crippen molar-refractivity contribution in [2.45, 2.75) is 12.8 Å². The van der Waals surface area contributed by atoms with Gasteiger partial charge in [-0.05, 0) is 30.5 Å². The SMILES string of the molecule is COc1cc(CC2CCOC2=O)ccc1O. The maximum absolute atomic E-state index is 11.3. The van der Waals surface area contributed by atoms with Crippen molar-refractivity contribution in [1.82, 2.24) is 0 Å². The van der Waals surface area contributed by atoms with Crippen LogP contribution in [0.1, 0.15) is 12.0 Å². The summed E-state index contributed by atoms with van der Waals surface area (Å²) in [4.78, 5) is 11.3. The fourth-order valence-electron chi connectivity index (χ4n) is 1.86. The Labute approximate surface area is 93.8 Å². The third kappa shape index (κ3) is 2.10. The molecule has 0 bridgehead atoms. The number of hydrogen-bond acceptors (Lipinski definition) is 4. The minimum atomic E-state index is -0.132. The van der Waals surface area contributed by atoms with Crippen molar-refractivity contribution in [2.75, 3.05) is 13.7 Å². The van der Waals surface area contributed by atoms with Crippen LogP contribution in [0.3, 0.4) is 0 Å². The molecule has 1 atom stereocenters. The van der Waals surface area contributed by atoms with E-state index in [1.54, 1.807) is 18.2 Å². The van der Waals surface area contributed by atoms with Crippen molar-refractivity contribution in [3.8, 4) is 11.5 Å². The van der Waals surface area contributed by atoms with Crippen LogP contribution in [0.5, 0.6) is 11.5 Å². The first-order chi connectivity index (χ1) is 7.70. The van der Waals surface area contributed by atoms with Gasteiger partial charge in [-0.25, -0.2) is 0 Å². The van der Waals surface area contributed by atoms with Gasteiger partial charge >= 0.3 is 5.97 Å². The van der Waals surface area contributed by atoms with Gasteiger partial charge in [0, 0.05) is 0 Å². The molecule has 4 heteroatoms. The highest BCUT2D eigenvalue weighted by Crippen LogP contribution is 2.28. The second-order valence-electron chi connectivity index (χ2n) is 3.86. The molecule has 1 aliphatic rings. The number of cyclic esters (lactones) is 1. The zero-order valence-corrected chi connectivity index (χ0v) is 9.10. The van der Waals surface area contributed by atoms with E-state index in [9.17, 15) is 9.90 Å². The maximum atomic E-state index is 11.3. The highest BCUT2D eigenvalue weighted by molar-refractivity contribution is 5.74. The zero-order chi connectivity index (χ0) is 11.5. The lowest BCUT2D eigenvalue weighted by Crippen LogP contribution is -2.10. The summed E-state index contributed by atoms with van der Waals surface area (Å²) in [5.74, 6) is 0.352. The first kappa shape index (κ1) is 10.8. The molecule has 0 aromatic heterocycles. The molecule has 1 heterocycles. The molecule has 1 fully saturated rings. The van der Waals surface area contributed by atoms with Gasteiger partial charge in [0.25, 0.3) is 0 Å². The highest BCUT2D eigenvalue weighted by atomic mass is 16.5. The quantitative estimate of drug-likeness (QED) is 0.787. The highest BCUT2D eigenvalue weighted by Gasteiger charge is 2.26. The van der Waals surface area contributed by atoms with Gasteiger partial charge in [0.1, 0.15) is 0 Å². The molecule has 1 aliphatic heterocycles. The number of rotatable bonds is 3. The van der Waals surface area contributed by atoms with E-state index in [0.717, 1.165) is 12.0 Å². The largest absolute Gasteiger partial charge is 0.504 e. The van der Waals surface area contributed by atoms with Gasteiger partial charge in [-0.2, -0.15) is 0 Å². The molecule has 0 radical (unpaired) electrons. The fourth-order valence-corrected chi connectivity index (χ4v) is 1.86. The number of carbonyl (C=O) groups excluding carboxylic acids is 1. The topological polar surface area (TPSA) is 55.8 Å². The first-order valence-corrected chi connectivity index (χ1v) is 5.23. The summed E-state index contributed by atoms with van der Waals surface area (Å²) < 4.78 is 9.91. The summed E-state index contributed by atoms with van der Waals surface area (Å²) in [6, 6.07) is 5.12. The zero-order valence-electron chi connectivity index (χ0n) is 9.10. The van der Waals surface area contributed by atoms with E-state index in [1.165, 1.54) is 7.11 Å². The molecule has 86 valence electrons. The van der Waals surface area contributed by atoms with E-state index in [2.05, 4.69) is 0 Å². The predicted molar refractivity (Wildman–Crippen MR) is 57.4 cm³/mol. The van der Waals surface area contributed by atoms with Gasteiger partial charge in [-0.3, -0.25) is 4.79 Å². The molecule has 1 unspecified atom stereocenters. The Balaban J connectivity index is 2.12. The van der Waals surface area contributed by atoms with Crippen LogP contribution in [0.25, 0.3) is 0 Å². The average molecular weight is 222 g/mol. The molecule has 0 aliphatic carbocycles. The van der Waals surface area contributed by atoms with Crippen LogP contribution in [-0.2, 0) is 16.0 Å². The molecule has 1 aromatic carbocycles. The number of carbonyl (C=O) groups is 1. The molecule has 1 aromatic rings.